The van der Waals surface area contributed by atoms with Crippen LogP contribution in [0.1, 0.15) is 23.3 Å². The Morgan fingerprint density at radius 1 is 1.45 bits per heavy atom. The molecule has 0 aromatic carbocycles. The van der Waals surface area contributed by atoms with Crippen LogP contribution in [0.5, 0.6) is 0 Å². The van der Waals surface area contributed by atoms with Crippen molar-refractivity contribution in [3.63, 3.8) is 0 Å². The number of amides is 1. The summed E-state index contributed by atoms with van der Waals surface area (Å²) in [6.45, 7) is 0. The molecule has 2 rings (SSSR count). The molecule has 1 aromatic heterocycles. The second kappa shape index (κ2) is 5.66. The third kappa shape index (κ3) is 3.47. The third-order valence-electron chi connectivity index (χ3n) is 3.26. The minimum atomic E-state index is -3.82. The van der Waals surface area contributed by atoms with E-state index in [1.165, 1.54) is 16.8 Å². The average molecular weight is 319 g/mol. The van der Waals surface area contributed by atoms with Crippen LogP contribution in [0.15, 0.2) is 17.2 Å². The number of carbonyl (C=O) groups excluding carboxylic acids is 1. The highest BCUT2D eigenvalue weighted by atomic mass is 32.2. The van der Waals surface area contributed by atoms with Crippen LogP contribution in [0.2, 0.25) is 0 Å². The first-order chi connectivity index (χ1) is 9.27. The van der Waals surface area contributed by atoms with Gasteiger partial charge in [0.05, 0.1) is 0 Å². The minimum absolute atomic E-state index is 0.0203. The Morgan fingerprint density at radius 2 is 2.05 bits per heavy atom. The molecular formula is C11H17N3O4S2. The molecule has 9 heteroatoms. The van der Waals surface area contributed by atoms with E-state index in [1.54, 1.807) is 7.05 Å². The fraction of sp³-hybridized carbons (Fsp3) is 0.545. The number of nitrogens with two attached hydrogens (primary N) is 1. The van der Waals surface area contributed by atoms with Gasteiger partial charge in [-0.05, 0) is 18.9 Å². The largest absolute Gasteiger partial charge is 0.348 e. The number of carbonyl (C=O) groups is 1. The van der Waals surface area contributed by atoms with Crippen LogP contribution >= 0.6 is 0 Å². The molecule has 1 aromatic rings. The zero-order chi connectivity index (χ0) is 14.9. The predicted octanol–water partition coefficient (Wildman–Crippen LogP) is -0.687. The van der Waals surface area contributed by atoms with Gasteiger partial charge in [-0.1, -0.05) is 0 Å². The molecule has 7 nitrogen and oxygen atoms in total. The minimum Gasteiger partial charge on any atom is -0.348 e. The number of hydrogen-bond donors (Lipinski definition) is 2. The van der Waals surface area contributed by atoms with E-state index in [1.807, 2.05) is 0 Å². The van der Waals surface area contributed by atoms with E-state index in [2.05, 4.69) is 5.32 Å². The second-order valence-corrected chi connectivity index (χ2v) is 8.07. The van der Waals surface area contributed by atoms with Gasteiger partial charge in [0.2, 0.25) is 10.0 Å². The lowest BCUT2D eigenvalue weighted by atomic mass is 10.1. The molecule has 0 spiro atoms. The fourth-order valence-corrected chi connectivity index (χ4v) is 3.99. The molecule has 20 heavy (non-hydrogen) atoms. The molecule has 1 fully saturated rings. The summed E-state index contributed by atoms with van der Waals surface area (Å²) < 4.78 is 35.2. The van der Waals surface area contributed by atoms with Gasteiger partial charge >= 0.3 is 0 Å². The average Bonchev–Trinajstić information content (AvgIpc) is 2.74. The second-order valence-electron chi connectivity index (χ2n) is 4.81. The van der Waals surface area contributed by atoms with Crippen LogP contribution in [0.3, 0.4) is 0 Å². The summed E-state index contributed by atoms with van der Waals surface area (Å²) in [5, 5.41) is 7.86. The standard InChI is InChI=1S/C11H17N3O4S2/c1-14-7-9(20(12,17)18)6-10(14)11(15)13-8-2-4-19(16)5-3-8/h6-8H,2-5H2,1H3,(H,13,15)(H2,12,17,18). The Labute approximate surface area is 120 Å². The first kappa shape index (κ1) is 15.2. The molecule has 0 aliphatic carbocycles. The lowest BCUT2D eigenvalue weighted by Gasteiger charge is -2.22. The van der Waals surface area contributed by atoms with Crippen molar-refractivity contribution in [1.29, 1.82) is 0 Å². The van der Waals surface area contributed by atoms with Crippen molar-refractivity contribution in [1.82, 2.24) is 9.88 Å². The van der Waals surface area contributed by atoms with E-state index in [4.69, 9.17) is 5.14 Å². The summed E-state index contributed by atoms with van der Waals surface area (Å²) in [5.41, 5.74) is 0.237. The van der Waals surface area contributed by atoms with E-state index < -0.39 is 20.8 Å². The normalized spacial score (nSPS) is 23.5. The number of aromatic nitrogens is 1. The number of nitrogens with one attached hydrogen (secondary N) is 1. The summed E-state index contributed by atoms with van der Waals surface area (Å²) in [6.07, 6.45) is 2.65. The van der Waals surface area contributed by atoms with Crippen LogP contribution in [0.4, 0.5) is 0 Å². The molecular weight excluding hydrogens is 302 g/mol. The highest BCUT2D eigenvalue weighted by Crippen LogP contribution is 2.14. The Morgan fingerprint density at radius 3 is 2.55 bits per heavy atom. The lowest BCUT2D eigenvalue weighted by Crippen LogP contribution is -2.40. The van der Waals surface area contributed by atoms with Gasteiger partial charge in [-0.3, -0.25) is 9.00 Å². The van der Waals surface area contributed by atoms with Gasteiger partial charge in [-0.2, -0.15) is 0 Å². The maximum atomic E-state index is 12.1. The molecule has 1 aliphatic rings. The number of primary sulfonamides is 1. The van der Waals surface area contributed by atoms with Gasteiger partial charge in [-0.25, -0.2) is 13.6 Å². The molecule has 0 saturated carbocycles. The van der Waals surface area contributed by atoms with Crippen molar-refractivity contribution in [3.8, 4) is 0 Å². The molecule has 3 N–H and O–H groups in total. The molecule has 1 aliphatic heterocycles. The number of nitrogens with zero attached hydrogens (tertiary/aromatic N) is 1. The van der Waals surface area contributed by atoms with E-state index >= 15 is 0 Å². The first-order valence-electron chi connectivity index (χ1n) is 6.12. The lowest BCUT2D eigenvalue weighted by molar-refractivity contribution is 0.0926. The van der Waals surface area contributed by atoms with Gasteiger partial charge in [0.15, 0.2) is 0 Å². The van der Waals surface area contributed by atoms with Crippen LogP contribution in [-0.2, 0) is 27.9 Å². The molecule has 0 radical (unpaired) electrons. The molecule has 0 atom stereocenters. The van der Waals surface area contributed by atoms with Gasteiger partial charge < -0.3 is 9.88 Å². The quantitative estimate of drug-likeness (QED) is 0.768. The number of rotatable bonds is 3. The number of hydrogen-bond acceptors (Lipinski definition) is 4. The van der Waals surface area contributed by atoms with Crippen molar-refractivity contribution in [2.24, 2.45) is 12.2 Å². The van der Waals surface area contributed by atoms with Crippen LogP contribution < -0.4 is 10.5 Å². The van der Waals surface area contributed by atoms with E-state index in [9.17, 15) is 17.4 Å². The van der Waals surface area contributed by atoms with Crippen LogP contribution in [-0.4, -0.2) is 40.6 Å². The Hall–Kier alpha value is -1.19. The van der Waals surface area contributed by atoms with Crippen LogP contribution in [0, 0.1) is 0 Å². The van der Waals surface area contributed by atoms with Crippen molar-refractivity contribution in [3.05, 3.63) is 18.0 Å². The monoisotopic (exact) mass is 319 g/mol. The van der Waals surface area contributed by atoms with Crippen molar-refractivity contribution < 1.29 is 17.4 Å². The van der Waals surface area contributed by atoms with Crippen LogP contribution in [0.25, 0.3) is 0 Å². The zero-order valence-corrected chi connectivity index (χ0v) is 12.7. The summed E-state index contributed by atoms with van der Waals surface area (Å²) in [4.78, 5) is 12.0. The highest BCUT2D eigenvalue weighted by molar-refractivity contribution is 7.89. The molecule has 0 unspecified atom stereocenters. The molecule has 1 saturated heterocycles. The SMILES string of the molecule is Cn1cc(S(N)(=O)=O)cc1C(=O)NC1CCS(=O)CC1. The fourth-order valence-electron chi connectivity index (χ4n) is 2.11. The van der Waals surface area contributed by atoms with Gasteiger partial charge in [0.25, 0.3) is 5.91 Å². The predicted molar refractivity (Wildman–Crippen MR) is 75.2 cm³/mol. The Kier molecular flexibility index (Phi) is 4.31. The van der Waals surface area contributed by atoms with E-state index in [-0.39, 0.29) is 22.5 Å². The van der Waals surface area contributed by atoms with Gasteiger partial charge in [0.1, 0.15) is 10.6 Å². The zero-order valence-electron chi connectivity index (χ0n) is 11.0. The van der Waals surface area contributed by atoms with Gasteiger partial charge in [-0.15, -0.1) is 0 Å². The van der Waals surface area contributed by atoms with Crippen molar-refractivity contribution in [2.45, 2.75) is 23.8 Å². The molecule has 112 valence electrons. The van der Waals surface area contributed by atoms with E-state index in [0.717, 1.165) is 0 Å². The maximum Gasteiger partial charge on any atom is 0.268 e. The number of aryl methyl sites for hydroxylation is 1. The topological polar surface area (TPSA) is 111 Å². The summed E-state index contributed by atoms with van der Waals surface area (Å²) in [5.74, 6) is 0.821. The maximum absolute atomic E-state index is 12.1. The number of sulfonamides is 1. The van der Waals surface area contributed by atoms with Crippen molar-refractivity contribution >= 4 is 26.7 Å². The molecule has 0 bridgehead atoms. The third-order valence-corrected chi connectivity index (χ3v) is 5.53. The summed E-state index contributed by atoms with van der Waals surface area (Å²) in [7, 11) is -3.02. The molecule has 1 amide bonds. The Bertz CT molecular complexity index is 641. The smallest absolute Gasteiger partial charge is 0.268 e. The first-order valence-corrected chi connectivity index (χ1v) is 9.16. The van der Waals surface area contributed by atoms with E-state index in [0.29, 0.717) is 24.3 Å². The summed E-state index contributed by atoms with van der Waals surface area (Å²) >= 11 is 0. The molecule has 2 heterocycles. The summed E-state index contributed by atoms with van der Waals surface area (Å²) in [6, 6.07) is 1.24. The Balaban J connectivity index is 2.10. The van der Waals surface area contributed by atoms with Crippen molar-refractivity contribution in [2.75, 3.05) is 11.5 Å². The van der Waals surface area contributed by atoms with Gasteiger partial charge in [0, 0.05) is 41.6 Å². The highest BCUT2D eigenvalue weighted by Gasteiger charge is 2.22.